The fourth-order valence-corrected chi connectivity index (χ4v) is 5.23. The van der Waals surface area contributed by atoms with Crippen molar-refractivity contribution in [2.75, 3.05) is 21.2 Å². The maximum absolute atomic E-state index is 13.7. The molecule has 10 heteroatoms. The molecule has 0 radical (unpaired) electrons. The second kappa shape index (κ2) is 9.08. The Balaban J connectivity index is 2.09. The second-order valence-corrected chi connectivity index (χ2v) is 9.29. The lowest BCUT2D eigenvalue weighted by Gasteiger charge is -2.14. The number of nitrogens with zero attached hydrogens (tertiary/aromatic N) is 3. The number of rotatable bonds is 5. The monoisotopic (exact) mass is 501 g/mol. The van der Waals surface area contributed by atoms with E-state index in [1.807, 2.05) is 0 Å². The van der Waals surface area contributed by atoms with Crippen LogP contribution in [-0.2, 0) is 6.54 Å². The van der Waals surface area contributed by atoms with Gasteiger partial charge >= 0.3 is 5.69 Å². The highest BCUT2D eigenvalue weighted by Gasteiger charge is 2.25. The Bertz CT molecular complexity index is 1550. The molecule has 0 aliphatic heterocycles. The normalized spacial score (nSPS) is 11.1. The third-order valence-electron chi connectivity index (χ3n) is 5.47. The summed E-state index contributed by atoms with van der Waals surface area (Å²) in [7, 11) is 4.72. The summed E-state index contributed by atoms with van der Waals surface area (Å²) in [6.07, 6.45) is 0. The van der Waals surface area contributed by atoms with Gasteiger partial charge in [0.1, 0.15) is 16.4 Å². The molecule has 0 aliphatic carbocycles. The lowest BCUT2D eigenvalue weighted by Crippen LogP contribution is -2.39. The average Bonchev–Trinajstić information content (AvgIpc) is 3.14. The molecule has 0 saturated carbocycles. The molecule has 2 aromatic heterocycles. The van der Waals surface area contributed by atoms with E-state index in [0.29, 0.717) is 32.3 Å². The molecule has 34 heavy (non-hydrogen) atoms. The number of aromatic nitrogens is 2. The third-order valence-corrected chi connectivity index (χ3v) is 7.12. The minimum atomic E-state index is -0.615. The lowest BCUT2D eigenvalue weighted by atomic mass is 10.2. The number of aryl methyl sites for hydroxylation is 1. The maximum Gasteiger partial charge on any atom is 0.337 e. The van der Waals surface area contributed by atoms with Gasteiger partial charge in [0.05, 0.1) is 29.6 Å². The number of carbonyl (C=O) groups excluding carboxylic acids is 1. The van der Waals surface area contributed by atoms with Crippen molar-refractivity contribution in [1.82, 2.24) is 14.0 Å². The van der Waals surface area contributed by atoms with E-state index < -0.39 is 17.1 Å². The first kappa shape index (κ1) is 23.7. The van der Waals surface area contributed by atoms with Crippen molar-refractivity contribution in [1.29, 1.82) is 0 Å². The van der Waals surface area contributed by atoms with Gasteiger partial charge in [-0.25, -0.2) is 13.8 Å². The van der Waals surface area contributed by atoms with E-state index in [1.54, 1.807) is 45.3 Å². The zero-order valence-corrected chi connectivity index (χ0v) is 20.5. The van der Waals surface area contributed by atoms with Gasteiger partial charge in [-0.05, 0) is 42.3 Å². The van der Waals surface area contributed by atoms with Crippen molar-refractivity contribution in [2.24, 2.45) is 0 Å². The molecule has 0 unspecified atom stereocenters. The molecule has 0 fully saturated rings. The van der Waals surface area contributed by atoms with Gasteiger partial charge in [-0.15, -0.1) is 11.3 Å². The van der Waals surface area contributed by atoms with Gasteiger partial charge in [0.25, 0.3) is 11.5 Å². The highest BCUT2D eigenvalue weighted by atomic mass is 35.5. The predicted octanol–water partition coefficient (Wildman–Crippen LogP) is 4.07. The van der Waals surface area contributed by atoms with Crippen LogP contribution in [0.15, 0.2) is 52.1 Å². The Kier molecular flexibility index (Phi) is 6.33. The molecule has 1 amide bonds. The summed E-state index contributed by atoms with van der Waals surface area (Å²) in [6.45, 7) is 1.67. The van der Waals surface area contributed by atoms with Gasteiger partial charge in [-0.3, -0.25) is 14.2 Å². The zero-order valence-electron chi connectivity index (χ0n) is 18.9. The molecule has 0 aliphatic rings. The van der Waals surface area contributed by atoms with Crippen molar-refractivity contribution in [3.63, 3.8) is 0 Å². The van der Waals surface area contributed by atoms with Crippen LogP contribution in [0.5, 0.6) is 5.75 Å². The molecule has 2 aromatic carbocycles. The summed E-state index contributed by atoms with van der Waals surface area (Å²) in [5, 5.41) is 0.410. The summed E-state index contributed by atoms with van der Waals surface area (Å²) in [4.78, 5) is 42.2. The molecular formula is C24H21ClFN3O4S. The second-order valence-electron chi connectivity index (χ2n) is 7.88. The van der Waals surface area contributed by atoms with Crippen LogP contribution in [0.2, 0.25) is 5.02 Å². The van der Waals surface area contributed by atoms with E-state index in [-0.39, 0.29) is 22.9 Å². The first-order chi connectivity index (χ1) is 16.1. The molecule has 0 atom stereocenters. The van der Waals surface area contributed by atoms with Gasteiger partial charge in [0.15, 0.2) is 0 Å². The van der Waals surface area contributed by atoms with E-state index in [4.69, 9.17) is 16.3 Å². The molecule has 0 N–H and O–H groups in total. The Labute approximate surface area is 203 Å². The molecule has 7 nitrogen and oxygen atoms in total. The number of fused-ring (bicyclic) bond motifs is 1. The van der Waals surface area contributed by atoms with Crippen molar-refractivity contribution in [2.45, 2.75) is 13.5 Å². The van der Waals surface area contributed by atoms with Crippen LogP contribution in [0.4, 0.5) is 4.39 Å². The van der Waals surface area contributed by atoms with Gasteiger partial charge in [0.2, 0.25) is 0 Å². The van der Waals surface area contributed by atoms with E-state index in [9.17, 15) is 18.8 Å². The summed E-state index contributed by atoms with van der Waals surface area (Å²) in [6, 6.07) is 10.5. The molecule has 0 bridgehead atoms. The van der Waals surface area contributed by atoms with E-state index in [2.05, 4.69) is 0 Å². The molecule has 4 aromatic rings. The number of benzene rings is 2. The summed E-state index contributed by atoms with van der Waals surface area (Å²) in [5.74, 6) is -0.300. The van der Waals surface area contributed by atoms with Crippen molar-refractivity contribution >= 4 is 39.1 Å². The molecule has 4 rings (SSSR count). The molecule has 176 valence electrons. The zero-order chi connectivity index (χ0) is 24.7. The number of amides is 1. The van der Waals surface area contributed by atoms with Crippen LogP contribution >= 0.6 is 22.9 Å². The van der Waals surface area contributed by atoms with Crippen molar-refractivity contribution in [3.8, 4) is 11.4 Å². The SMILES string of the molecule is COc1cccc(-n2c(=O)c3c(C)c(C(=O)N(C)C)sc3n(Cc3ccc(F)cc3Cl)c2=O)c1. The Morgan fingerprint density at radius 1 is 1.18 bits per heavy atom. The standard InChI is InChI=1S/C24H21ClFN3O4S/c1-13-19-21(30)29(16-6-5-7-17(11-16)33-4)24(32)28(12-14-8-9-15(26)10-18(14)25)23(19)34-20(13)22(31)27(2)3/h5-11H,12H2,1-4H3. The fraction of sp³-hybridized carbons (Fsp3) is 0.208. The van der Waals surface area contributed by atoms with Gasteiger partial charge in [-0.2, -0.15) is 0 Å². The Morgan fingerprint density at radius 2 is 1.91 bits per heavy atom. The molecular weight excluding hydrogens is 481 g/mol. The minimum Gasteiger partial charge on any atom is -0.497 e. The van der Waals surface area contributed by atoms with E-state index >= 15 is 0 Å². The van der Waals surface area contributed by atoms with E-state index in [0.717, 1.165) is 22.0 Å². The highest BCUT2D eigenvalue weighted by Crippen LogP contribution is 2.30. The van der Waals surface area contributed by atoms with Crippen LogP contribution in [-0.4, -0.2) is 41.1 Å². The third kappa shape index (κ3) is 4.01. The summed E-state index contributed by atoms with van der Waals surface area (Å²) in [5.41, 5.74) is 0.145. The first-order valence-electron chi connectivity index (χ1n) is 10.2. The lowest BCUT2D eigenvalue weighted by molar-refractivity contribution is 0.0831. The quantitative estimate of drug-likeness (QED) is 0.413. The van der Waals surface area contributed by atoms with Gasteiger partial charge < -0.3 is 9.64 Å². The topological polar surface area (TPSA) is 73.5 Å². The van der Waals surface area contributed by atoms with Crippen LogP contribution < -0.4 is 16.0 Å². The smallest absolute Gasteiger partial charge is 0.337 e. The Hall–Kier alpha value is -3.43. The number of ether oxygens (including phenoxy) is 1. The summed E-state index contributed by atoms with van der Waals surface area (Å²) < 4.78 is 21.3. The van der Waals surface area contributed by atoms with Crippen LogP contribution in [0.1, 0.15) is 20.8 Å². The predicted molar refractivity (Wildman–Crippen MR) is 132 cm³/mol. The molecule has 0 saturated heterocycles. The maximum atomic E-state index is 13.7. The molecule has 2 heterocycles. The number of halogens is 2. The van der Waals surface area contributed by atoms with Crippen LogP contribution in [0, 0.1) is 12.7 Å². The largest absolute Gasteiger partial charge is 0.497 e. The fourth-order valence-electron chi connectivity index (χ4n) is 3.69. The van der Waals surface area contributed by atoms with Crippen LogP contribution in [0.3, 0.4) is 0 Å². The van der Waals surface area contributed by atoms with Crippen molar-refractivity contribution < 1.29 is 13.9 Å². The summed E-state index contributed by atoms with van der Waals surface area (Å²) >= 11 is 7.31. The van der Waals surface area contributed by atoms with Gasteiger partial charge in [0, 0.05) is 25.2 Å². The minimum absolute atomic E-state index is 0.0196. The number of hydrogen-bond acceptors (Lipinski definition) is 5. The van der Waals surface area contributed by atoms with Gasteiger partial charge in [-0.1, -0.05) is 23.7 Å². The molecule has 0 spiro atoms. The number of carbonyl (C=O) groups is 1. The van der Waals surface area contributed by atoms with Crippen LogP contribution in [0.25, 0.3) is 15.9 Å². The number of hydrogen-bond donors (Lipinski definition) is 0. The number of methoxy groups -OCH3 is 1. The Morgan fingerprint density at radius 3 is 2.56 bits per heavy atom. The average molecular weight is 502 g/mol. The first-order valence-corrected chi connectivity index (χ1v) is 11.4. The van der Waals surface area contributed by atoms with E-state index in [1.165, 1.54) is 28.7 Å². The van der Waals surface area contributed by atoms with Crippen molar-refractivity contribution in [3.05, 3.63) is 90.1 Å². The number of thiophene rings is 1. The highest BCUT2D eigenvalue weighted by molar-refractivity contribution is 7.20.